The molecular formula is C39H49N5O3. The fourth-order valence-electron chi connectivity index (χ4n) is 7.20. The Kier molecular flexibility index (Phi) is 9.64. The van der Waals surface area contributed by atoms with Gasteiger partial charge in [-0.15, -0.1) is 0 Å². The molecule has 4 N–H and O–H groups in total. The number of aromatic nitrogens is 2. The van der Waals surface area contributed by atoms with Gasteiger partial charge in [0.25, 0.3) is 6.47 Å². The van der Waals surface area contributed by atoms with Crippen molar-refractivity contribution in [1.29, 1.82) is 5.41 Å². The summed E-state index contributed by atoms with van der Waals surface area (Å²) in [5.41, 5.74) is 14.1. The number of anilines is 2. The highest BCUT2D eigenvalue weighted by atomic mass is 16.5. The molecule has 0 fully saturated rings. The van der Waals surface area contributed by atoms with E-state index < -0.39 is 0 Å². The minimum Gasteiger partial charge on any atom is -0.483 e. The van der Waals surface area contributed by atoms with Gasteiger partial charge in [-0.1, -0.05) is 26.0 Å². The Balaban J connectivity index is 0.00000139. The lowest BCUT2D eigenvalue weighted by molar-refractivity contribution is -0.122. The first-order chi connectivity index (χ1) is 22.3. The summed E-state index contributed by atoms with van der Waals surface area (Å²) in [6, 6.07) is 12.9. The molecule has 1 aliphatic carbocycles. The zero-order chi connectivity index (χ0) is 34.1. The highest BCUT2D eigenvalue weighted by Crippen LogP contribution is 2.49. The molecule has 47 heavy (non-hydrogen) atoms. The van der Waals surface area contributed by atoms with Crippen LogP contribution in [0.5, 0.6) is 0 Å². The first kappa shape index (κ1) is 33.9. The second-order valence-electron chi connectivity index (χ2n) is 14.4. The molecule has 2 aliphatic rings. The smallest absolute Gasteiger partial charge is 0.290 e. The van der Waals surface area contributed by atoms with Crippen molar-refractivity contribution in [3.05, 3.63) is 70.9 Å². The normalized spacial score (nSPS) is 16.0. The van der Waals surface area contributed by atoms with Gasteiger partial charge in [-0.3, -0.25) is 9.78 Å². The summed E-state index contributed by atoms with van der Waals surface area (Å²) in [5, 5.41) is 23.1. The lowest BCUT2D eigenvalue weighted by atomic mass is 9.75. The summed E-state index contributed by atoms with van der Waals surface area (Å²) in [4.78, 5) is 13.1. The van der Waals surface area contributed by atoms with Gasteiger partial charge in [0.2, 0.25) is 0 Å². The van der Waals surface area contributed by atoms with E-state index in [0.29, 0.717) is 5.41 Å². The predicted molar refractivity (Wildman–Crippen MR) is 195 cm³/mol. The molecule has 1 unspecified atom stereocenters. The van der Waals surface area contributed by atoms with Crippen LogP contribution in [0.2, 0.25) is 0 Å². The molecule has 0 spiro atoms. The third-order valence-electron chi connectivity index (χ3n) is 9.35. The molecule has 1 atom stereocenters. The molecule has 0 amide bonds. The fourth-order valence-corrected chi connectivity index (χ4v) is 7.20. The molecule has 0 saturated carbocycles. The number of carbonyl (C=O) groups is 1. The number of allylic oxidation sites excluding steroid dienone is 2. The Hall–Kier alpha value is -4.43. The Morgan fingerprint density at radius 3 is 2.55 bits per heavy atom. The Morgan fingerprint density at radius 1 is 1.17 bits per heavy atom. The van der Waals surface area contributed by atoms with Crippen LogP contribution in [-0.4, -0.2) is 46.5 Å². The van der Waals surface area contributed by atoms with Crippen LogP contribution in [0.15, 0.2) is 48.7 Å². The summed E-state index contributed by atoms with van der Waals surface area (Å²) >= 11 is 0. The standard InChI is InChI=1S/C38H47N5O.CH2O2/c1-23-33(24(2)44-37(3,4)5)34(25-11-14-38(6,7)15-12-25)29-21-32(43-18-17-42-35(23)36(29)43)27-13-16-41-31(20-27)26-9-10-30(40-8)28(19-26)22-39;2-1-3/h9-11,13,16,19-22,24,39-40,42H,12,14-15,17-18H2,1-8H3;1H,(H,2,3). The van der Waals surface area contributed by atoms with Crippen molar-refractivity contribution in [3.8, 4) is 22.5 Å². The van der Waals surface area contributed by atoms with Crippen LogP contribution in [0.3, 0.4) is 0 Å². The molecule has 8 nitrogen and oxygen atoms in total. The van der Waals surface area contributed by atoms with Gasteiger partial charge in [0.15, 0.2) is 0 Å². The second-order valence-corrected chi connectivity index (χ2v) is 14.4. The summed E-state index contributed by atoms with van der Waals surface area (Å²) in [5.74, 6) is 0. The van der Waals surface area contributed by atoms with Crippen molar-refractivity contribution in [2.45, 2.75) is 86.0 Å². The quantitative estimate of drug-likeness (QED) is 0.119. The number of nitrogens with zero attached hydrogens (tertiary/aromatic N) is 2. The number of nitrogens with one attached hydrogen (secondary N) is 3. The Bertz CT molecular complexity index is 1840. The van der Waals surface area contributed by atoms with Crippen molar-refractivity contribution in [2.75, 3.05) is 24.2 Å². The molecule has 0 saturated heterocycles. The maximum absolute atomic E-state index is 8.36. The van der Waals surface area contributed by atoms with E-state index in [0.717, 1.165) is 54.0 Å². The van der Waals surface area contributed by atoms with E-state index >= 15 is 0 Å². The maximum Gasteiger partial charge on any atom is 0.290 e. The number of hydrogen-bond donors (Lipinski definition) is 4. The average molecular weight is 636 g/mol. The van der Waals surface area contributed by atoms with E-state index in [2.05, 4.69) is 94.0 Å². The van der Waals surface area contributed by atoms with Gasteiger partial charge in [0, 0.05) is 66.0 Å². The topological polar surface area (TPSA) is 112 Å². The van der Waals surface area contributed by atoms with E-state index in [9.17, 15) is 0 Å². The number of ether oxygens (including phenoxy) is 1. The number of carboxylic acid groups (broad SMARTS) is 1. The summed E-state index contributed by atoms with van der Waals surface area (Å²) < 4.78 is 9.18. The number of pyridine rings is 1. The molecule has 6 rings (SSSR count). The fraction of sp³-hybridized carbons (Fsp3) is 0.410. The van der Waals surface area contributed by atoms with Crippen LogP contribution in [0.25, 0.3) is 39.0 Å². The van der Waals surface area contributed by atoms with Crippen molar-refractivity contribution >= 4 is 40.5 Å². The van der Waals surface area contributed by atoms with Crippen LogP contribution in [0.1, 0.15) is 89.2 Å². The van der Waals surface area contributed by atoms with Crippen molar-refractivity contribution in [3.63, 3.8) is 0 Å². The maximum atomic E-state index is 8.36. The Labute approximate surface area is 278 Å². The molecule has 4 aromatic rings. The third kappa shape index (κ3) is 6.84. The summed E-state index contributed by atoms with van der Waals surface area (Å²) in [6.45, 7) is 17.2. The zero-order valence-corrected chi connectivity index (χ0v) is 29.0. The first-order valence-electron chi connectivity index (χ1n) is 16.5. The van der Waals surface area contributed by atoms with Gasteiger partial charge in [-0.2, -0.15) is 0 Å². The number of hydrogen-bond acceptors (Lipinski definition) is 6. The van der Waals surface area contributed by atoms with Gasteiger partial charge in [-0.05, 0) is 112 Å². The van der Waals surface area contributed by atoms with Gasteiger partial charge < -0.3 is 30.5 Å². The van der Waals surface area contributed by atoms with Crippen LogP contribution in [-0.2, 0) is 16.1 Å². The zero-order valence-electron chi connectivity index (χ0n) is 29.0. The monoisotopic (exact) mass is 635 g/mol. The molecule has 1 aliphatic heterocycles. The van der Waals surface area contributed by atoms with Crippen molar-refractivity contribution in [1.82, 2.24) is 9.55 Å². The summed E-state index contributed by atoms with van der Waals surface area (Å²) in [7, 11) is 1.88. The van der Waals surface area contributed by atoms with Gasteiger partial charge in [0.05, 0.1) is 28.6 Å². The highest BCUT2D eigenvalue weighted by molar-refractivity contribution is 6.06. The highest BCUT2D eigenvalue weighted by Gasteiger charge is 2.32. The predicted octanol–water partition coefficient (Wildman–Crippen LogP) is 9.31. The largest absolute Gasteiger partial charge is 0.483 e. The van der Waals surface area contributed by atoms with E-state index in [4.69, 9.17) is 25.0 Å². The van der Waals surface area contributed by atoms with Crippen LogP contribution in [0.4, 0.5) is 11.4 Å². The molecule has 2 aromatic carbocycles. The van der Waals surface area contributed by atoms with E-state index in [-0.39, 0.29) is 18.2 Å². The van der Waals surface area contributed by atoms with E-state index in [1.807, 2.05) is 25.4 Å². The van der Waals surface area contributed by atoms with Crippen molar-refractivity contribution < 1.29 is 14.6 Å². The van der Waals surface area contributed by atoms with E-state index in [1.165, 1.54) is 57.2 Å². The molecule has 0 radical (unpaired) electrons. The first-order valence-corrected chi connectivity index (χ1v) is 16.5. The SMILES string of the molecule is CNc1ccc(-c2cc(-c3cc4c(C5=CCC(C)(C)CC5)c(C(C)OC(C)(C)C)c(C)c5c4n3CCN5)ccn2)cc1C=N.O=CO. The van der Waals surface area contributed by atoms with Crippen LogP contribution in [0, 0.1) is 17.7 Å². The van der Waals surface area contributed by atoms with Gasteiger partial charge >= 0.3 is 0 Å². The number of rotatable bonds is 7. The van der Waals surface area contributed by atoms with Crippen LogP contribution >= 0.6 is 0 Å². The molecule has 248 valence electrons. The average Bonchev–Trinajstić information content (AvgIpc) is 3.42. The summed E-state index contributed by atoms with van der Waals surface area (Å²) in [6.07, 6.45) is 9.10. The minimum absolute atomic E-state index is 0.0480. The van der Waals surface area contributed by atoms with Crippen LogP contribution < -0.4 is 10.6 Å². The molecule has 2 aromatic heterocycles. The second kappa shape index (κ2) is 13.4. The Morgan fingerprint density at radius 2 is 1.91 bits per heavy atom. The lowest BCUT2D eigenvalue weighted by Crippen LogP contribution is -2.24. The van der Waals surface area contributed by atoms with Crippen molar-refractivity contribution in [2.24, 2.45) is 5.41 Å². The number of benzene rings is 2. The lowest BCUT2D eigenvalue weighted by Gasteiger charge is -2.34. The molecular weight excluding hydrogens is 586 g/mol. The van der Waals surface area contributed by atoms with E-state index in [1.54, 1.807) is 0 Å². The van der Waals surface area contributed by atoms with Gasteiger partial charge in [-0.25, -0.2) is 0 Å². The third-order valence-corrected chi connectivity index (χ3v) is 9.35. The molecule has 8 heteroatoms. The molecule has 3 heterocycles. The molecule has 0 bridgehead atoms. The van der Waals surface area contributed by atoms with Gasteiger partial charge in [0.1, 0.15) is 0 Å². The minimum atomic E-state index is -0.251.